The van der Waals surface area contributed by atoms with Crippen LogP contribution in [0.1, 0.15) is 25.8 Å². The Morgan fingerprint density at radius 3 is 2.31 bits per heavy atom. The van der Waals surface area contributed by atoms with Gasteiger partial charge in [0.15, 0.2) is 0 Å². The van der Waals surface area contributed by atoms with Crippen molar-refractivity contribution in [1.82, 2.24) is 9.88 Å². The monoisotopic (exact) mass is 461 g/mol. The van der Waals surface area contributed by atoms with Crippen molar-refractivity contribution in [2.75, 3.05) is 36.4 Å². The number of piperazine rings is 1. The van der Waals surface area contributed by atoms with Gasteiger partial charge in [-0.25, -0.2) is 0 Å². The summed E-state index contributed by atoms with van der Waals surface area (Å²) in [6.45, 7) is 8.99. The van der Waals surface area contributed by atoms with Gasteiger partial charge in [-0.2, -0.15) is 5.26 Å². The maximum absolute atomic E-state index is 9.08. The quantitative estimate of drug-likeness (QED) is 0.358. The second-order valence-corrected chi connectivity index (χ2v) is 9.23. The van der Waals surface area contributed by atoms with Gasteiger partial charge >= 0.3 is 0 Å². The molecule has 3 aromatic carbocycles. The average molecular weight is 462 g/mol. The second kappa shape index (κ2) is 10.2. The number of nitriles is 1. The maximum atomic E-state index is 9.08. The standard InChI is InChI=1S/C30H31N5/c1-3-22(2)34-16-18-35(19-17-34)27-11-9-26(10-12-27)33-30-14-15-32-29-13-8-25(20-28(29)30)24-6-4-23(21-31)5-7-24/h4-15,20,22H,3,16-19H2,1-2H3,(H,32,33). The van der Waals surface area contributed by atoms with E-state index in [9.17, 15) is 0 Å². The molecule has 35 heavy (non-hydrogen) atoms. The van der Waals surface area contributed by atoms with Crippen LogP contribution in [0.3, 0.4) is 0 Å². The minimum atomic E-state index is 0.663. The highest BCUT2D eigenvalue weighted by Gasteiger charge is 2.20. The van der Waals surface area contributed by atoms with Crippen LogP contribution >= 0.6 is 0 Å². The van der Waals surface area contributed by atoms with E-state index in [1.165, 1.54) is 12.1 Å². The first kappa shape index (κ1) is 22.9. The van der Waals surface area contributed by atoms with E-state index in [1.54, 1.807) is 0 Å². The minimum absolute atomic E-state index is 0.663. The Kier molecular flexibility index (Phi) is 6.65. The van der Waals surface area contributed by atoms with E-state index < -0.39 is 0 Å². The minimum Gasteiger partial charge on any atom is -0.369 e. The van der Waals surface area contributed by atoms with Gasteiger partial charge in [0.05, 0.1) is 17.1 Å². The molecule has 4 aromatic rings. The third-order valence-electron chi connectivity index (χ3n) is 7.13. The molecule has 1 saturated heterocycles. The molecule has 1 unspecified atom stereocenters. The number of fused-ring (bicyclic) bond motifs is 1. The maximum Gasteiger partial charge on any atom is 0.0991 e. The molecule has 0 spiro atoms. The van der Waals surface area contributed by atoms with Crippen LogP contribution in [0.15, 0.2) is 79.0 Å². The molecule has 0 aliphatic carbocycles. The van der Waals surface area contributed by atoms with Crippen LogP contribution in [-0.4, -0.2) is 42.1 Å². The van der Waals surface area contributed by atoms with Crippen molar-refractivity contribution >= 4 is 28.0 Å². The summed E-state index contributed by atoms with van der Waals surface area (Å²) in [5, 5.41) is 13.7. The van der Waals surface area contributed by atoms with Crippen LogP contribution in [0.2, 0.25) is 0 Å². The number of hydrogen-bond acceptors (Lipinski definition) is 5. The fourth-order valence-electron chi connectivity index (χ4n) is 4.76. The van der Waals surface area contributed by atoms with Crippen LogP contribution in [-0.2, 0) is 0 Å². The third-order valence-corrected chi connectivity index (χ3v) is 7.13. The first-order valence-corrected chi connectivity index (χ1v) is 12.4. The summed E-state index contributed by atoms with van der Waals surface area (Å²) in [5.74, 6) is 0. The zero-order chi connectivity index (χ0) is 24.2. The van der Waals surface area contributed by atoms with Gasteiger partial charge in [0.1, 0.15) is 0 Å². The lowest BCUT2D eigenvalue weighted by Gasteiger charge is -2.39. The fraction of sp³-hybridized carbons (Fsp3) is 0.267. The highest BCUT2D eigenvalue weighted by atomic mass is 15.3. The molecule has 5 rings (SSSR count). The Morgan fingerprint density at radius 1 is 0.914 bits per heavy atom. The van der Waals surface area contributed by atoms with Crippen molar-refractivity contribution in [3.8, 4) is 17.2 Å². The number of pyridine rings is 1. The van der Waals surface area contributed by atoms with Crippen molar-refractivity contribution in [2.24, 2.45) is 0 Å². The summed E-state index contributed by atoms with van der Waals surface area (Å²) < 4.78 is 0. The smallest absolute Gasteiger partial charge is 0.0991 e. The van der Waals surface area contributed by atoms with Gasteiger partial charge in [0.2, 0.25) is 0 Å². The Hall–Kier alpha value is -3.88. The van der Waals surface area contributed by atoms with Gasteiger partial charge in [-0.15, -0.1) is 0 Å². The molecule has 1 N–H and O–H groups in total. The summed E-state index contributed by atoms with van der Waals surface area (Å²) in [4.78, 5) is 9.62. The van der Waals surface area contributed by atoms with E-state index in [2.05, 4.69) is 82.5 Å². The predicted molar refractivity (Wildman–Crippen MR) is 145 cm³/mol. The number of nitrogens with one attached hydrogen (secondary N) is 1. The summed E-state index contributed by atoms with van der Waals surface area (Å²) in [5.41, 5.74) is 7.16. The molecule has 1 aliphatic heterocycles. The van der Waals surface area contributed by atoms with E-state index in [1.807, 2.05) is 36.5 Å². The van der Waals surface area contributed by atoms with E-state index >= 15 is 0 Å². The normalized spacial score (nSPS) is 15.1. The number of anilines is 3. The van der Waals surface area contributed by atoms with Crippen LogP contribution in [0, 0.1) is 11.3 Å². The lowest BCUT2D eigenvalue weighted by Crippen LogP contribution is -2.49. The highest BCUT2D eigenvalue weighted by Crippen LogP contribution is 2.31. The van der Waals surface area contributed by atoms with Crippen LogP contribution in [0.4, 0.5) is 17.1 Å². The molecule has 1 aliphatic rings. The van der Waals surface area contributed by atoms with Gasteiger partial charge in [0, 0.05) is 60.9 Å². The molecule has 1 aromatic heterocycles. The topological polar surface area (TPSA) is 55.2 Å². The third kappa shape index (κ3) is 4.99. The van der Waals surface area contributed by atoms with E-state index in [0.29, 0.717) is 11.6 Å². The van der Waals surface area contributed by atoms with Crippen molar-refractivity contribution in [2.45, 2.75) is 26.3 Å². The Labute approximate surface area is 207 Å². The summed E-state index contributed by atoms with van der Waals surface area (Å²) >= 11 is 0. The zero-order valence-corrected chi connectivity index (χ0v) is 20.4. The zero-order valence-electron chi connectivity index (χ0n) is 20.4. The Morgan fingerprint density at radius 2 is 1.63 bits per heavy atom. The number of nitrogens with zero attached hydrogens (tertiary/aromatic N) is 4. The first-order valence-electron chi connectivity index (χ1n) is 12.4. The molecule has 1 atom stereocenters. The molecule has 0 amide bonds. The average Bonchev–Trinajstić information content (AvgIpc) is 2.93. The lowest BCUT2D eigenvalue weighted by atomic mass is 10.0. The number of aromatic nitrogens is 1. The SMILES string of the molecule is CCC(C)N1CCN(c2ccc(Nc3ccnc4ccc(-c5ccc(C#N)cc5)cc34)cc2)CC1. The molecular formula is C30H31N5. The summed E-state index contributed by atoms with van der Waals surface area (Å²) in [6.07, 6.45) is 3.05. The Balaban J connectivity index is 1.33. The molecule has 0 radical (unpaired) electrons. The van der Waals surface area contributed by atoms with Gasteiger partial charge in [0.25, 0.3) is 0 Å². The van der Waals surface area contributed by atoms with Gasteiger partial charge in [-0.05, 0) is 79.1 Å². The Bertz CT molecular complexity index is 1330. The van der Waals surface area contributed by atoms with Crippen LogP contribution in [0.25, 0.3) is 22.0 Å². The molecule has 5 nitrogen and oxygen atoms in total. The molecule has 2 heterocycles. The molecule has 5 heteroatoms. The van der Waals surface area contributed by atoms with Crippen molar-refractivity contribution in [3.05, 3.63) is 84.6 Å². The van der Waals surface area contributed by atoms with E-state index in [4.69, 9.17) is 5.26 Å². The number of hydrogen-bond donors (Lipinski definition) is 1. The molecule has 1 fully saturated rings. The van der Waals surface area contributed by atoms with Gasteiger partial charge in [-0.1, -0.05) is 25.1 Å². The van der Waals surface area contributed by atoms with Gasteiger partial charge in [-0.3, -0.25) is 9.88 Å². The van der Waals surface area contributed by atoms with Crippen LogP contribution in [0.5, 0.6) is 0 Å². The van der Waals surface area contributed by atoms with Crippen molar-refractivity contribution in [1.29, 1.82) is 5.26 Å². The fourth-order valence-corrected chi connectivity index (χ4v) is 4.76. The molecule has 0 saturated carbocycles. The number of rotatable bonds is 6. The van der Waals surface area contributed by atoms with E-state index in [-0.39, 0.29) is 0 Å². The first-order chi connectivity index (χ1) is 17.1. The number of benzene rings is 3. The predicted octanol–water partition coefficient (Wildman–Crippen LogP) is 6.44. The highest BCUT2D eigenvalue weighted by molar-refractivity contribution is 5.95. The van der Waals surface area contributed by atoms with Gasteiger partial charge < -0.3 is 10.2 Å². The largest absolute Gasteiger partial charge is 0.369 e. The summed E-state index contributed by atoms with van der Waals surface area (Å²) in [7, 11) is 0. The molecular weight excluding hydrogens is 430 g/mol. The molecule has 0 bridgehead atoms. The summed E-state index contributed by atoms with van der Waals surface area (Å²) in [6, 6.07) is 27.6. The van der Waals surface area contributed by atoms with E-state index in [0.717, 1.165) is 59.6 Å². The van der Waals surface area contributed by atoms with Crippen molar-refractivity contribution < 1.29 is 0 Å². The lowest BCUT2D eigenvalue weighted by molar-refractivity contribution is 0.193. The second-order valence-electron chi connectivity index (χ2n) is 9.23. The van der Waals surface area contributed by atoms with Crippen molar-refractivity contribution in [3.63, 3.8) is 0 Å². The molecule has 176 valence electrons. The van der Waals surface area contributed by atoms with Crippen LogP contribution < -0.4 is 10.2 Å².